The zero-order valence-corrected chi connectivity index (χ0v) is 18.5. The van der Waals surface area contributed by atoms with Crippen LogP contribution in [0.3, 0.4) is 0 Å². The number of ketones is 1. The minimum atomic E-state index is -0.799. The molecule has 0 saturated heterocycles. The van der Waals surface area contributed by atoms with Gasteiger partial charge >= 0.3 is 5.97 Å². The molecule has 0 aliphatic carbocycles. The Kier molecular flexibility index (Phi) is 6.13. The third kappa shape index (κ3) is 4.17. The van der Waals surface area contributed by atoms with E-state index < -0.39 is 12.6 Å². The van der Waals surface area contributed by atoms with E-state index in [1.807, 2.05) is 6.07 Å². The first-order valence-electron chi connectivity index (χ1n) is 9.61. The van der Waals surface area contributed by atoms with Crippen LogP contribution in [0.2, 0.25) is 0 Å². The predicted octanol–water partition coefficient (Wildman–Crippen LogP) is 4.20. The number of rotatable bonds is 6. The number of benzene rings is 3. The van der Waals surface area contributed by atoms with Crippen molar-refractivity contribution in [1.82, 2.24) is 9.78 Å². The van der Waals surface area contributed by atoms with Crippen LogP contribution in [0.15, 0.2) is 82.1 Å². The number of Topliss-reactive ketones (excluding diaryl/α,β-unsaturated/α-hetero) is 1. The molecule has 160 valence electrons. The van der Waals surface area contributed by atoms with Crippen molar-refractivity contribution in [2.45, 2.75) is 0 Å². The first-order chi connectivity index (χ1) is 15.5. The van der Waals surface area contributed by atoms with E-state index in [4.69, 9.17) is 9.47 Å². The predicted molar refractivity (Wildman–Crippen MR) is 123 cm³/mol. The van der Waals surface area contributed by atoms with Crippen molar-refractivity contribution in [2.24, 2.45) is 0 Å². The fourth-order valence-corrected chi connectivity index (χ4v) is 3.75. The van der Waals surface area contributed by atoms with Crippen molar-refractivity contribution < 1.29 is 19.1 Å². The van der Waals surface area contributed by atoms with E-state index in [-0.39, 0.29) is 17.0 Å². The topological polar surface area (TPSA) is 87.5 Å². The van der Waals surface area contributed by atoms with Crippen molar-refractivity contribution in [1.29, 1.82) is 0 Å². The summed E-state index contributed by atoms with van der Waals surface area (Å²) in [7, 11) is 1.52. The molecule has 0 amide bonds. The molecule has 8 heteroatoms. The Bertz CT molecular complexity index is 1380. The fraction of sp³-hybridized carbons (Fsp3) is 0.0833. The van der Waals surface area contributed by atoms with Gasteiger partial charge in [-0.1, -0.05) is 36.4 Å². The second kappa shape index (κ2) is 9.15. The maximum Gasteiger partial charge on any atom is 0.359 e. The second-order valence-corrected chi connectivity index (χ2v) is 7.65. The summed E-state index contributed by atoms with van der Waals surface area (Å²) in [6.45, 7) is -0.474. The molecule has 0 radical (unpaired) electrons. The minimum absolute atomic E-state index is 0.0484. The van der Waals surface area contributed by atoms with Crippen molar-refractivity contribution >= 4 is 38.5 Å². The van der Waals surface area contributed by atoms with Crippen molar-refractivity contribution in [3.05, 3.63) is 98.9 Å². The number of halogens is 1. The van der Waals surface area contributed by atoms with Gasteiger partial charge in [0.15, 0.2) is 18.1 Å². The average molecular weight is 493 g/mol. The standard InChI is InChI=1S/C24H17BrN2O5/c1-31-21-12-11-15(13-19(21)25)20(28)14-32-24(30)22-17-9-5-6-10-18(17)23(29)27(26-22)16-7-3-2-4-8-16/h2-13H,14H2,1H3. The number of carbonyl (C=O) groups is 2. The van der Waals surface area contributed by atoms with Crippen molar-refractivity contribution in [3.63, 3.8) is 0 Å². The molecule has 3 aromatic carbocycles. The molecular formula is C24H17BrN2O5. The molecule has 32 heavy (non-hydrogen) atoms. The average Bonchev–Trinajstić information content (AvgIpc) is 2.83. The molecule has 0 saturated carbocycles. The lowest BCUT2D eigenvalue weighted by Gasteiger charge is -2.11. The summed E-state index contributed by atoms with van der Waals surface area (Å²) >= 11 is 3.33. The van der Waals surface area contributed by atoms with Gasteiger partial charge in [-0.3, -0.25) is 9.59 Å². The first kappa shape index (κ1) is 21.5. The van der Waals surface area contributed by atoms with Crippen LogP contribution in [-0.2, 0) is 4.74 Å². The Morgan fingerprint density at radius 2 is 1.66 bits per heavy atom. The summed E-state index contributed by atoms with van der Waals surface area (Å²) in [6.07, 6.45) is 0. The molecule has 1 heterocycles. The van der Waals surface area contributed by atoms with Crippen LogP contribution in [0.25, 0.3) is 16.5 Å². The van der Waals surface area contributed by atoms with Gasteiger partial charge in [0.05, 0.1) is 22.7 Å². The number of methoxy groups -OCH3 is 1. The molecule has 0 spiro atoms. The maximum absolute atomic E-state index is 12.9. The van der Waals surface area contributed by atoms with Crippen LogP contribution in [-0.4, -0.2) is 35.2 Å². The van der Waals surface area contributed by atoms with Gasteiger partial charge in [-0.2, -0.15) is 9.78 Å². The number of esters is 1. The minimum Gasteiger partial charge on any atom is -0.496 e. The number of ether oxygens (including phenoxy) is 2. The number of nitrogens with zero attached hydrogens (tertiary/aromatic N) is 2. The van der Waals surface area contributed by atoms with Crippen LogP contribution in [0, 0.1) is 0 Å². The van der Waals surface area contributed by atoms with E-state index in [1.165, 1.54) is 7.11 Å². The van der Waals surface area contributed by atoms with Gasteiger partial charge in [-0.15, -0.1) is 0 Å². The molecule has 0 fully saturated rings. The Balaban J connectivity index is 1.65. The van der Waals surface area contributed by atoms with Crippen molar-refractivity contribution in [2.75, 3.05) is 13.7 Å². The Hall–Kier alpha value is -3.78. The highest BCUT2D eigenvalue weighted by atomic mass is 79.9. The third-order valence-corrected chi connectivity index (χ3v) is 5.43. The summed E-state index contributed by atoms with van der Waals surface area (Å²) in [5.41, 5.74) is 0.462. The van der Waals surface area contributed by atoms with Crippen molar-refractivity contribution in [3.8, 4) is 11.4 Å². The SMILES string of the molecule is COc1ccc(C(=O)COC(=O)c2nn(-c3ccccc3)c(=O)c3ccccc23)cc1Br. The van der Waals surface area contributed by atoms with Crippen LogP contribution >= 0.6 is 15.9 Å². The molecule has 0 aliphatic heterocycles. The number of para-hydroxylation sites is 1. The number of carbonyl (C=O) groups excluding carboxylic acids is 2. The van der Waals surface area contributed by atoms with Gasteiger partial charge in [-0.05, 0) is 52.3 Å². The van der Waals surface area contributed by atoms with Gasteiger partial charge in [0, 0.05) is 10.9 Å². The smallest absolute Gasteiger partial charge is 0.359 e. The van der Waals surface area contributed by atoms with Gasteiger partial charge in [0.2, 0.25) is 0 Å². The number of fused-ring (bicyclic) bond motifs is 1. The van der Waals surface area contributed by atoms with E-state index in [0.717, 1.165) is 4.68 Å². The monoisotopic (exact) mass is 492 g/mol. The van der Waals surface area contributed by atoms with E-state index in [1.54, 1.807) is 66.7 Å². The van der Waals surface area contributed by atoms with Crippen LogP contribution in [0.5, 0.6) is 5.75 Å². The molecule has 0 atom stereocenters. The summed E-state index contributed by atoms with van der Waals surface area (Å²) in [4.78, 5) is 38.3. The lowest BCUT2D eigenvalue weighted by Crippen LogP contribution is -2.25. The van der Waals surface area contributed by atoms with E-state index in [0.29, 0.717) is 32.2 Å². The number of aromatic nitrogens is 2. The summed E-state index contributed by atoms with van der Waals surface area (Å²) in [5.74, 6) is -0.605. The van der Waals surface area contributed by atoms with Crippen LogP contribution in [0.1, 0.15) is 20.8 Å². The molecule has 0 bridgehead atoms. The zero-order chi connectivity index (χ0) is 22.7. The number of hydrogen-bond donors (Lipinski definition) is 0. The third-order valence-electron chi connectivity index (χ3n) is 4.81. The highest BCUT2D eigenvalue weighted by Crippen LogP contribution is 2.25. The zero-order valence-electron chi connectivity index (χ0n) is 16.9. The van der Waals surface area contributed by atoms with Crippen LogP contribution < -0.4 is 10.3 Å². The molecule has 4 aromatic rings. The molecule has 1 aromatic heterocycles. The Labute approximate surface area is 191 Å². The lowest BCUT2D eigenvalue weighted by molar-refractivity contribution is 0.0469. The first-order valence-corrected chi connectivity index (χ1v) is 10.4. The largest absolute Gasteiger partial charge is 0.496 e. The molecule has 7 nitrogen and oxygen atoms in total. The summed E-state index contributed by atoms with van der Waals surface area (Å²) < 4.78 is 12.2. The van der Waals surface area contributed by atoms with Gasteiger partial charge in [-0.25, -0.2) is 4.79 Å². The van der Waals surface area contributed by atoms with E-state index in [2.05, 4.69) is 21.0 Å². The van der Waals surface area contributed by atoms with E-state index in [9.17, 15) is 14.4 Å². The fourth-order valence-electron chi connectivity index (χ4n) is 3.21. The van der Waals surface area contributed by atoms with Gasteiger partial charge in [0.25, 0.3) is 5.56 Å². The Morgan fingerprint density at radius 3 is 2.34 bits per heavy atom. The van der Waals surface area contributed by atoms with Gasteiger partial charge in [0.1, 0.15) is 5.75 Å². The van der Waals surface area contributed by atoms with Crippen LogP contribution in [0.4, 0.5) is 0 Å². The number of hydrogen-bond acceptors (Lipinski definition) is 6. The molecule has 0 N–H and O–H groups in total. The summed E-state index contributed by atoms with van der Waals surface area (Å²) in [6, 6.07) is 20.2. The summed E-state index contributed by atoms with van der Waals surface area (Å²) in [5, 5.41) is 4.93. The van der Waals surface area contributed by atoms with Gasteiger partial charge < -0.3 is 9.47 Å². The Morgan fingerprint density at radius 1 is 0.969 bits per heavy atom. The molecule has 0 aliphatic rings. The van der Waals surface area contributed by atoms with E-state index >= 15 is 0 Å². The maximum atomic E-state index is 12.9. The molecule has 0 unspecified atom stereocenters. The quantitative estimate of drug-likeness (QED) is 0.296. The highest BCUT2D eigenvalue weighted by molar-refractivity contribution is 9.10. The second-order valence-electron chi connectivity index (χ2n) is 6.80. The molecular weight excluding hydrogens is 476 g/mol. The lowest BCUT2D eigenvalue weighted by atomic mass is 10.1. The normalized spacial score (nSPS) is 10.7. The molecule has 4 rings (SSSR count). The highest BCUT2D eigenvalue weighted by Gasteiger charge is 2.20.